The molecule has 1 unspecified atom stereocenters. The van der Waals surface area contributed by atoms with Crippen LogP contribution in [0.25, 0.3) is 11.7 Å². The summed E-state index contributed by atoms with van der Waals surface area (Å²) < 4.78 is 10.9. The number of nitrogens with one attached hydrogen (secondary N) is 2. The molecule has 2 aromatic heterocycles. The predicted molar refractivity (Wildman–Crippen MR) is 105 cm³/mol. The van der Waals surface area contributed by atoms with Crippen LogP contribution in [0.3, 0.4) is 0 Å². The summed E-state index contributed by atoms with van der Waals surface area (Å²) >= 11 is 0. The molecule has 2 amide bonds. The van der Waals surface area contributed by atoms with Crippen molar-refractivity contribution in [2.24, 2.45) is 5.73 Å². The van der Waals surface area contributed by atoms with Gasteiger partial charge < -0.3 is 24.8 Å². The second-order valence-electron chi connectivity index (χ2n) is 6.72. The second-order valence-corrected chi connectivity index (χ2v) is 6.72. The van der Waals surface area contributed by atoms with Gasteiger partial charge in [0.1, 0.15) is 0 Å². The summed E-state index contributed by atoms with van der Waals surface area (Å²) in [5, 5.41) is 10.9. The van der Waals surface area contributed by atoms with Crippen molar-refractivity contribution in [2.75, 3.05) is 11.9 Å². The summed E-state index contributed by atoms with van der Waals surface area (Å²) in [6.07, 6.45) is 2.43. The summed E-state index contributed by atoms with van der Waals surface area (Å²) in [7, 11) is 0. The fraction of sp³-hybridized carbons (Fsp3) is 0.300. The van der Waals surface area contributed by atoms with Gasteiger partial charge in [0.25, 0.3) is 17.7 Å². The van der Waals surface area contributed by atoms with Gasteiger partial charge in [-0.3, -0.25) is 9.59 Å². The number of carbonyl (C=O) groups excluding carboxylic acids is 2. The molecule has 0 aliphatic heterocycles. The van der Waals surface area contributed by atoms with Gasteiger partial charge in [-0.2, -0.15) is 0 Å². The van der Waals surface area contributed by atoms with E-state index in [2.05, 4.69) is 22.4 Å². The first-order chi connectivity index (χ1) is 14.0. The Balaban J connectivity index is 1.65. The molecule has 3 aromatic rings. The van der Waals surface area contributed by atoms with Crippen LogP contribution >= 0.6 is 0 Å². The first kappa shape index (κ1) is 20.3. The van der Waals surface area contributed by atoms with Crippen molar-refractivity contribution in [3.8, 4) is 11.7 Å². The number of furan rings is 1. The van der Waals surface area contributed by atoms with Crippen LogP contribution in [0.4, 0.5) is 5.69 Å². The van der Waals surface area contributed by atoms with Crippen molar-refractivity contribution >= 4 is 17.5 Å². The molecule has 0 aliphatic carbocycles. The Morgan fingerprint density at radius 3 is 2.59 bits per heavy atom. The zero-order valence-corrected chi connectivity index (χ0v) is 16.3. The molecular weight excluding hydrogens is 374 g/mol. The lowest BCUT2D eigenvalue weighted by Crippen LogP contribution is -3.15. The molecular formula is C20H24N5O4+. The topological polar surface area (TPSA) is 129 Å². The Morgan fingerprint density at radius 2 is 1.97 bits per heavy atom. The number of rotatable bonds is 9. The Labute approximate surface area is 167 Å². The fourth-order valence-electron chi connectivity index (χ4n) is 2.95. The summed E-state index contributed by atoms with van der Waals surface area (Å²) in [4.78, 5) is 24.9. The highest BCUT2D eigenvalue weighted by atomic mass is 16.4. The fourth-order valence-corrected chi connectivity index (χ4v) is 2.95. The average Bonchev–Trinajstić information content (AvgIpc) is 3.39. The van der Waals surface area contributed by atoms with E-state index in [1.807, 2.05) is 6.92 Å². The predicted octanol–water partition coefficient (Wildman–Crippen LogP) is 1.25. The van der Waals surface area contributed by atoms with E-state index < -0.39 is 5.91 Å². The number of anilines is 1. The number of nitrogens with zero attached hydrogens (tertiary/aromatic N) is 2. The highest BCUT2D eigenvalue weighted by Gasteiger charge is 2.27. The van der Waals surface area contributed by atoms with Crippen molar-refractivity contribution in [2.45, 2.75) is 32.9 Å². The molecule has 2 heterocycles. The molecule has 0 spiro atoms. The first-order valence-corrected chi connectivity index (χ1v) is 9.39. The largest absolute Gasteiger partial charge is 0.459 e. The van der Waals surface area contributed by atoms with Crippen molar-refractivity contribution in [1.29, 1.82) is 0 Å². The van der Waals surface area contributed by atoms with E-state index >= 15 is 0 Å². The Bertz CT molecular complexity index is 950. The lowest BCUT2D eigenvalue weighted by atomic mass is 10.2. The van der Waals surface area contributed by atoms with Crippen LogP contribution in [0.5, 0.6) is 0 Å². The third-order valence-electron chi connectivity index (χ3n) is 4.59. The molecule has 9 heteroatoms. The first-order valence-electron chi connectivity index (χ1n) is 9.39. The van der Waals surface area contributed by atoms with Gasteiger partial charge in [-0.15, -0.1) is 10.2 Å². The van der Waals surface area contributed by atoms with Crippen molar-refractivity contribution in [3.05, 3.63) is 54.1 Å². The molecule has 0 aliphatic rings. The molecule has 0 bridgehead atoms. The van der Waals surface area contributed by atoms with Crippen LogP contribution in [0, 0.1) is 0 Å². The van der Waals surface area contributed by atoms with Gasteiger partial charge in [-0.25, -0.2) is 0 Å². The summed E-state index contributed by atoms with van der Waals surface area (Å²) in [5.41, 5.74) is 6.22. The van der Waals surface area contributed by atoms with Gasteiger partial charge in [-0.05, 0) is 49.7 Å². The maximum absolute atomic E-state index is 12.7. The quantitative estimate of drug-likeness (QED) is 0.498. The minimum absolute atomic E-state index is 0.147. The number of benzene rings is 1. The van der Waals surface area contributed by atoms with Gasteiger partial charge in [0.15, 0.2) is 18.3 Å². The lowest BCUT2D eigenvalue weighted by molar-refractivity contribution is -0.928. The number of amides is 2. The second kappa shape index (κ2) is 9.16. The molecule has 152 valence electrons. The molecule has 0 fully saturated rings. The van der Waals surface area contributed by atoms with Crippen LogP contribution in [0.2, 0.25) is 0 Å². The molecule has 2 atom stereocenters. The van der Waals surface area contributed by atoms with E-state index in [-0.39, 0.29) is 11.9 Å². The van der Waals surface area contributed by atoms with Crippen molar-refractivity contribution in [1.82, 2.24) is 10.2 Å². The van der Waals surface area contributed by atoms with Gasteiger partial charge in [-0.1, -0.05) is 6.92 Å². The number of primary amides is 1. The van der Waals surface area contributed by atoms with Gasteiger partial charge in [0.2, 0.25) is 5.91 Å². The maximum atomic E-state index is 12.7. The normalized spacial score (nSPS) is 13.0. The van der Waals surface area contributed by atoms with Crippen molar-refractivity contribution < 1.29 is 23.3 Å². The van der Waals surface area contributed by atoms with E-state index in [0.29, 0.717) is 35.3 Å². The van der Waals surface area contributed by atoms with Crippen LogP contribution in [-0.2, 0) is 11.3 Å². The number of aromatic nitrogens is 2. The van der Waals surface area contributed by atoms with E-state index in [0.717, 1.165) is 17.9 Å². The average molecular weight is 398 g/mol. The van der Waals surface area contributed by atoms with E-state index in [1.165, 1.54) is 6.26 Å². The van der Waals surface area contributed by atoms with Gasteiger partial charge >= 0.3 is 0 Å². The summed E-state index contributed by atoms with van der Waals surface area (Å²) in [6, 6.07) is 9.59. The molecule has 0 saturated heterocycles. The number of hydrogen-bond acceptors (Lipinski definition) is 6. The van der Waals surface area contributed by atoms with Crippen LogP contribution in [-0.4, -0.2) is 34.6 Å². The Hall–Kier alpha value is -3.46. The Morgan fingerprint density at radius 1 is 1.21 bits per heavy atom. The van der Waals surface area contributed by atoms with Crippen molar-refractivity contribution in [3.63, 3.8) is 0 Å². The zero-order valence-electron chi connectivity index (χ0n) is 16.3. The minimum atomic E-state index is -0.511. The number of quaternary nitrogens is 1. The molecule has 4 N–H and O–H groups in total. The molecule has 0 radical (unpaired) electrons. The maximum Gasteiger partial charge on any atom is 0.283 e. The standard InChI is InChI=1S/C20H23N5O4/c1-3-10-25(12-17-23-24-20(29-17)16-5-4-11-28-16)13(2)19(27)22-15-8-6-14(7-9-15)18(21)26/h4-9,11,13H,3,10,12H2,1-2H3,(H2,21,26)(H,22,27)/p+1/t13-/m1/s1. The van der Waals surface area contributed by atoms with E-state index in [9.17, 15) is 9.59 Å². The van der Waals surface area contributed by atoms with Gasteiger partial charge in [0, 0.05) is 11.3 Å². The molecule has 1 aromatic carbocycles. The van der Waals surface area contributed by atoms with E-state index in [1.54, 1.807) is 36.4 Å². The monoisotopic (exact) mass is 398 g/mol. The molecule has 9 nitrogen and oxygen atoms in total. The molecule has 0 saturated carbocycles. The zero-order chi connectivity index (χ0) is 20.8. The summed E-state index contributed by atoms with van der Waals surface area (Å²) in [5.74, 6) is 0.595. The number of carbonyl (C=O) groups is 2. The van der Waals surface area contributed by atoms with E-state index in [4.69, 9.17) is 14.6 Å². The highest BCUT2D eigenvalue weighted by Crippen LogP contribution is 2.17. The van der Waals surface area contributed by atoms with Crippen LogP contribution in [0.15, 0.2) is 51.5 Å². The third-order valence-corrected chi connectivity index (χ3v) is 4.59. The van der Waals surface area contributed by atoms with Gasteiger partial charge in [0.05, 0.1) is 12.8 Å². The third kappa shape index (κ3) is 5.08. The SMILES string of the molecule is CCC[NH+](Cc1nnc(-c2ccco2)o1)[C@H](C)C(=O)Nc1ccc(C(N)=O)cc1. The highest BCUT2D eigenvalue weighted by molar-refractivity contribution is 5.95. The molecule has 29 heavy (non-hydrogen) atoms. The lowest BCUT2D eigenvalue weighted by Gasteiger charge is -2.23. The minimum Gasteiger partial charge on any atom is -0.459 e. The van der Waals surface area contributed by atoms with Crippen LogP contribution in [0.1, 0.15) is 36.5 Å². The Kier molecular flexibility index (Phi) is 6.40. The number of nitrogens with two attached hydrogens (primary N) is 1. The number of hydrogen-bond donors (Lipinski definition) is 3. The molecule has 3 rings (SSSR count). The van der Waals surface area contributed by atoms with Crippen LogP contribution < -0.4 is 16.0 Å². The summed E-state index contributed by atoms with van der Waals surface area (Å²) in [6.45, 7) is 5.07. The smallest absolute Gasteiger partial charge is 0.283 e.